The van der Waals surface area contributed by atoms with Gasteiger partial charge in [-0.15, -0.1) is 0 Å². The minimum Gasteiger partial charge on any atom is -0.326 e. The molecule has 1 amide bonds. The van der Waals surface area contributed by atoms with E-state index in [0.29, 0.717) is 6.42 Å². The SMILES string of the molecule is Cc1ccc([N+](=O)[O-])cc1-c1ccc2c(c1)NC(=O)C2. The Balaban J connectivity index is 2.10. The van der Waals surface area contributed by atoms with Crippen LogP contribution in [0, 0.1) is 17.0 Å². The highest BCUT2D eigenvalue weighted by Crippen LogP contribution is 2.32. The number of aryl methyl sites for hydroxylation is 1. The molecule has 2 aromatic carbocycles. The standard InChI is InChI=1S/C15H12N2O3/c1-9-2-5-12(17(19)20)8-13(9)10-3-4-11-7-15(18)16-14(11)6-10/h2-6,8H,7H2,1H3,(H,16,18). The molecule has 5 nitrogen and oxygen atoms in total. The van der Waals surface area contributed by atoms with Gasteiger partial charge in [0.1, 0.15) is 0 Å². The number of carbonyl (C=O) groups excluding carboxylic acids is 1. The summed E-state index contributed by atoms with van der Waals surface area (Å²) in [6.07, 6.45) is 0.392. The van der Waals surface area contributed by atoms with Gasteiger partial charge in [-0.05, 0) is 35.2 Å². The number of carbonyl (C=O) groups is 1. The average molecular weight is 268 g/mol. The molecule has 1 aliphatic rings. The summed E-state index contributed by atoms with van der Waals surface area (Å²) >= 11 is 0. The van der Waals surface area contributed by atoms with Crippen molar-refractivity contribution >= 4 is 17.3 Å². The fourth-order valence-corrected chi connectivity index (χ4v) is 2.42. The van der Waals surface area contributed by atoms with Crippen molar-refractivity contribution in [3.05, 3.63) is 57.6 Å². The predicted molar refractivity (Wildman–Crippen MR) is 75.6 cm³/mol. The number of non-ortho nitro benzene ring substituents is 1. The molecule has 0 spiro atoms. The van der Waals surface area contributed by atoms with Crippen LogP contribution in [0.15, 0.2) is 36.4 Å². The summed E-state index contributed by atoms with van der Waals surface area (Å²) < 4.78 is 0. The van der Waals surface area contributed by atoms with Gasteiger partial charge in [-0.1, -0.05) is 18.2 Å². The van der Waals surface area contributed by atoms with E-state index in [0.717, 1.165) is 27.9 Å². The molecule has 0 saturated heterocycles. The minimum atomic E-state index is -0.405. The molecular weight excluding hydrogens is 256 g/mol. The lowest BCUT2D eigenvalue weighted by Gasteiger charge is -2.08. The van der Waals surface area contributed by atoms with Gasteiger partial charge in [-0.3, -0.25) is 14.9 Å². The third-order valence-electron chi connectivity index (χ3n) is 3.48. The van der Waals surface area contributed by atoms with Crippen molar-refractivity contribution in [2.24, 2.45) is 0 Å². The van der Waals surface area contributed by atoms with E-state index >= 15 is 0 Å². The number of nitro benzene ring substituents is 1. The monoisotopic (exact) mass is 268 g/mol. The van der Waals surface area contributed by atoms with Crippen LogP contribution in [0.5, 0.6) is 0 Å². The number of nitrogens with zero attached hydrogens (tertiary/aromatic N) is 1. The molecule has 1 aliphatic heterocycles. The summed E-state index contributed by atoms with van der Waals surface area (Å²) in [5, 5.41) is 13.7. The van der Waals surface area contributed by atoms with E-state index in [1.807, 2.05) is 25.1 Å². The number of amides is 1. The quantitative estimate of drug-likeness (QED) is 0.672. The van der Waals surface area contributed by atoms with E-state index in [1.165, 1.54) is 6.07 Å². The van der Waals surface area contributed by atoms with Crippen molar-refractivity contribution in [2.75, 3.05) is 5.32 Å². The highest BCUT2D eigenvalue weighted by Gasteiger charge is 2.18. The van der Waals surface area contributed by atoms with E-state index < -0.39 is 4.92 Å². The van der Waals surface area contributed by atoms with Crippen molar-refractivity contribution in [1.82, 2.24) is 0 Å². The summed E-state index contributed by atoms with van der Waals surface area (Å²) in [5.41, 5.74) is 4.45. The molecule has 1 heterocycles. The molecule has 0 atom stereocenters. The van der Waals surface area contributed by atoms with Gasteiger partial charge < -0.3 is 5.32 Å². The smallest absolute Gasteiger partial charge is 0.270 e. The zero-order valence-electron chi connectivity index (χ0n) is 10.8. The molecule has 0 saturated carbocycles. The molecule has 0 radical (unpaired) electrons. The van der Waals surface area contributed by atoms with Crippen LogP contribution in [-0.2, 0) is 11.2 Å². The Morgan fingerprint density at radius 3 is 2.75 bits per heavy atom. The molecule has 0 bridgehead atoms. The van der Waals surface area contributed by atoms with E-state index in [4.69, 9.17) is 0 Å². The lowest BCUT2D eigenvalue weighted by molar-refractivity contribution is -0.384. The van der Waals surface area contributed by atoms with Crippen molar-refractivity contribution < 1.29 is 9.72 Å². The molecule has 0 aromatic heterocycles. The van der Waals surface area contributed by atoms with Gasteiger partial charge >= 0.3 is 0 Å². The van der Waals surface area contributed by atoms with Crippen LogP contribution in [0.1, 0.15) is 11.1 Å². The van der Waals surface area contributed by atoms with Gasteiger partial charge in [0.25, 0.3) is 5.69 Å². The van der Waals surface area contributed by atoms with E-state index in [-0.39, 0.29) is 11.6 Å². The fraction of sp³-hybridized carbons (Fsp3) is 0.133. The highest BCUT2D eigenvalue weighted by molar-refractivity contribution is 6.00. The Morgan fingerprint density at radius 2 is 2.00 bits per heavy atom. The molecule has 3 rings (SSSR count). The van der Waals surface area contributed by atoms with Crippen LogP contribution in [0.2, 0.25) is 0 Å². The molecular formula is C15H12N2O3. The highest BCUT2D eigenvalue weighted by atomic mass is 16.6. The topological polar surface area (TPSA) is 72.2 Å². The fourth-order valence-electron chi connectivity index (χ4n) is 2.42. The van der Waals surface area contributed by atoms with Gasteiger partial charge in [0.2, 0.25) is 5.91 Å². The van der Waals surface area contributed by atoms with E-state index in [2.05, 4.69) is 5.32 Å². The Hall–Kier alpha value is -2.69. The largest absolute Gasteiger partial charge is 0.326 e. The minimum absolute atomic E-state index is 0.0204. The van der Waals surface area contributed by atoms with Crippen LogP contribution in [0.4, 0.5) is 11.4 Å². The van der Waals surface area contributed by atoms with Crippen molar-refractivity contribution in [2.45, 2.75) is 13.3 Å². The van der Waals surface area contributed by atoms with Crippen molar-refractivity contribution in [3.63, 3.8) is 0 Å². The van der Waals surface area contributed by atoms with Crippen LogP contribution in [0.3, 0.4) is 0 Å². The van der Waals surface area contributed by atoms with Gasteiger partial charge in [-0.25, -0.2) is 0 Å². The van der Waals surface area contributed by atoms with E-state index in [9.17, 15) is 14.9 Å². The predicted octanol–water partition coefficient (Wildman–Crippen LogP) is 3.06. The average Bonchev–Trinajstić information content (AvgIpc) is 2.78. The maximum atomic E-state index is 11.4. The van der Waals surface area contributed by atoms with Crippen LogP contribution in [0.25, 0.3) is 11.1 Å². The maximum absolute atomic E-state index is 11.4. The second-order valence-electron chi connectivity index (χ2n) is 4.85. The third kappa shape index (κ3) is 2.03. The number of hydrogen-bond acceptors (Lipinski definition) is 3. The second-order valence-corrected chi connectivity index (χ2v) is 4.85. The van der Waals surface area contributed by atoms with E-state index in [1.54, 1.807) is 12.1 Å². The molecule has 20 heavy (non-hydrogen) atoms. The first kappa shape index (κ1) is 12.3. The van der Waals surface area contributed by atoms with Crippen molar-refractivity contribution in [1.29, 1.82) is 0 Å². The molecule has 5 heteroatoms. The zero-order valence-corrected chi connectivity index (χ0v) is 10.8. The number of anilines is 1. The van der Waals surface area contributed by atoms with Gasteiger partial charge in [0, 0.05) is 17.8 Å². The summed E-state index contributed by atoms with van der Waals surface area (Å²) in [5.74, 6) is -0.0204. The van der Waals surface area contributed by atoms with Gasteiger partial charge in [-0.2, -0.15) is 0 Å². The Morgan fingerprint density at radius 1 is 1.20 bits per heavy atom. The van der Waals surface area contributed by atoms with Gasteiger partial charge in [0.05, 0.1) is 11.3 Å². The van der Waals surface area contributed by atoms with Crippen LogP contribution in [-0.4, -0.2) is 10.8 Å². The first-order valence-corrected chi connectivity index (χ1v) is 6.23. The molecule has 0 unspecified atom stereocenters. The molecule has 0 fully saturated rings. The normalized spacial score (nSPS) is 12.9. The summed E-state index contributed by atoms with van der Waals surface area (Å²) in [6.45, 7) is 1.91. The number of nitro groups is 1. The lowest BCUT2D eigenvalue weighted by atomic mass is 9.98. The first-order chi connectivity index (χ1) is 9.54. The van der Waals surface area contributed by atoms with Gasteiger partial charge in [0.15, 0.2) is 0 Å². The Bertz CT molecular complexity index is 738. The Labute approximate surface area is 115 Å². The number of rotatable bonds is 2. The number of hydrogen-bond donors (Lipinski definition) is 1. The molecule has 0 aliphatic carbocycles. The molecule has 1 N–H and O–H groups in total. The first-order valence-electron chi connectivity index (χ1n) is 6.23. The Kier molecular flexibility index (Phi) is 2.75. The van der Waals surface area contributed by atoms with Crippen LogP contribution < -0.4 is 5.32 Å². The summed E-state index contributed by atoms with van der Waals surface area (Å²) in [4.78, 5) is 21.8. The summed E-state index contributed by atoms with van der Waals surface area (Å²) in [7, 11) is 0. The third-order valence-corrected chi connectivity index (χ3v) is 3.48. The van der Waals surface area contributed by atoms with Crippen molar-refractivity contribution in [3.8, 4) is 11.1 Å². The summed E-state index contributed by atoms with van der Waals surface area (Å²) in [6, 6.07) is 10.4. The lowest BCUT2D eigenvalue weighted by Crippen LogP contribution is -2.03. The number of benzene rings is 2. The zero-order chi connectivity index (χ0) is 14.3. The second kappa shape index (κ2) is 4.45. The van der Waals surface area contributed by atoms with Crippen LogP contribution >= 0.6 is 0 Å². The maximum Gasteiger partial charge on any atom is 0.270 e. The molecule has 2 aromatic rings. The number of nitrogens with one attached hydrogen (secondary N) is 1. The molecule has 100 valence electrons. The number of fused-ring (bicyclic) bond motifs is 1.